The van der Waals surface area contributed by atoms with Crippen molar-refractivity contribution in [1.29, 1.82) is 0 Å². The van der Waals surface area contributed by atoms with Gasteiger partial charge in [0.25, 0.3) is 0 Å². The molecule has 0 spiro atoms. The van der Waals surface area contributed by atoms with Crippen LogP contribution in [0.3, 0.4) is 0 Å². The van der Waals surface area contributed by atoms with Crippen LogP contribution in [0.2, 0.25) is 0 Å². The summed E-state index contributed by atoms with van der Waals surface area (Å²) in [5.41, 5.74) is 7.31. The average molecular weight is 205 g/mol. The zero-order valence-electron chi connectivity index (χ0n) is 8.61. The average Bonchev–Trinajstić information content (AvgIpc) is 3.11. The summed E-state index contributed by atoms with van der Waals surface area (Å²) in [5, 5.41) is 0. The first-order valence-corrected chi connectivity index (χ1v) is 5.50. The van der Waals surface area contributed by atoms with Gasteiger partial charge in [-0.15, -0.1) is 0 Å². The third-order valence-electron chi connectivity index (χ3n) is 3.08. The van der Waals surface area contributed by atoms with Crippen LogP contribution in [0.1, 0.15) is 24.4 Å². The molecule has 1 atom stereocenters. The van der Waals surface area contributed by atoms with E-state index in [1.165, 1.54) is 18.4 Å². The Hall–Kier alpha value is -1.22. The van der Waals surface area contributed by atoms with Crippen molar-refractivity contribution >= 4 is 0 Å². The van der Waals surface area contributed by atoms with E-state index in [2.05, 4.69) is 6.07 Å². The highest BCUT2D eigenvalue weighted by Gasteiger charge is 2.30. The Morgan fingerprint density at radius 2 is 1.87 bits per heavy atom. The Labute approximate surface area is 89.2 Å². The Morgan fingerprint density at radius 1 is 1.13 bits per heavy atom. The molecule has 3 heteroatoms. The molecule has 1 aliphatic carbocycles. The van der Waals surface area contributed by atoms with Crippen LogP contribution in [0.5, 0.6) is 11.5 Å². The Balaban J connectivity index is 1.89. The van der Waals surface area contributed by atoms with Crippen molar-refractivity contribution in [2.75, 3.05) is 13.2 Å². The second kappa shape index (κ2) is 3.42. The summed E-state index contributed by atoms with van der Waals surface area (Å²) < 4.78 is 11.0. The topological polar surface area (TPSA) is 44.5 Å². The monoisotopic (exact) mass is 205 g/mol. The fourth-order valence-corrected chi connectivity index (χ4v) is 1.99. The van der Waals surface area contributed by atoms with Gasteiger partial charge in [-0.2, -0.15) is 0 Å². The largest absolute Gasteiger partial charge is 0.486 e. The fraction of sp³-hybridized carbons (Fsp3) is 0.500. The fourth-order valence-electron chi connectivity index (χ4n) is 1.99. The quantitative estimate of drug-likeness (QED) is 0.801. The molecule has 3 rings (SSSR count). The van der Waals surface area contributed by atoms with Gasteiger partial charge in [0, 0.05) is 6.04 Å². The maximum absolute atomic E-state index is 6.14. The number of benzene rings is 1. The zero-order chi connectivity index (χ0) is 10.3. The Kier molecular flexibility index (Phi) is 2.06. The molecular formula is C12H15NO2. The van der Waals surface area contributed by atoms with E-state index in [1.807, 2.05) is 12.1 Å². The van der Waals surface area contributed by atoms with Gasteiger partial charge in [0.15, 0.2) is 11.5 Å². The van der Waals surface area contributed by atoms with Crippen LogP contribution in [-0.2, 0) is 0 Å². The molecule has 3 nitrogen and oxygen atoms in total. The first-order valence-electron chi connectivity index (χ1n) is 5.50. The van der Waals surface area contributed by atoms with Crippen LogP contribution in [0.15, 0.2) is 18.2 Å². The van der Waals surface area contributed by atoms with Gasteiger partial charge in [-0.1, -0.05) is 6.07 Å². The first kappa shape index (κ1) is 9.04. The minimum atomic E-state index is 0.167. The molecular weight excluding hydrogens is 190 g/mol. The van der Waals surface area contributed by atoms with Crippen molar-refractivity contribution in [1.82, 2.24) is 0 Å². The molecule has 0 unspecified atom stereocenters. The standard InChI is InChI=1S/C12H15NO2/c13-12(8-1-2-8)9-3-4-10-11(7-9)15-6-5-14-10/h3-4,7-8,12H,1-2,5-6,13H2/t12-/m1/s1. The molecule has 0 radical (unpaired) electrons. The summed E-state index contributed by atoms with van der Waals surface area (Å²) in [6, 6.07) is 6.21. The van der Waals surface area contributed by atoms with Gasteiger partial charge < -0.3 is 15.2 Å². The number of fused-ring (bicyclic) bond motifs is 1. The van der Waals surface area contributed by atoms with Gasteiger partial charge in [0.05, 0.1) is 0 Å². The van der Waals surface area contributed by atoms with Crippen LogP contribution < -0.4 is 15.2 Å². The molecule has 0 amide bonds. The second-order valence-corrected chi connectivity index (χ2v) is 4.27. The van der Waals surface area contributed by atoms with E-state index < -0.39 is 0 Å². The lowest BCUT2D eigenvalue weighted by Gasteiger charge is -2.20. The number of hydrogen-bond acceptors (Lipinski definition) is 3. The number of hydrogen-bond donors (Lipinski definition) is 1. The van der Waals surface area contributed by atoms with Crippen molar-refractivity contribution in [3.05, 3.63) is 23.8 Å². The lowest BCUT2D eigenvalue weighted by Crippen LogP contribution is -2.17. The maximum atomic E-state index is 6.14. The highest BCUT2D eigenvalue weighted by atomic mass is 16.6. The smallest absolute Gasteiger partial charge is 0.161 e. The van der Waals surface area contributed by atoms with Crippen molar-refractivity contribution in [2.45, 2.75) is 18.9 Å². The summed E-state index contributed by atoms with van der Waals surface area (Å²) in [5.74, 6) is 2.36. The molecule has 80 valence electrons. The number of ether oxygens (including phenoxy) is 2. The van der Waals surface area contributed by atoms with Crippen LogP contribution in [-0.4, -0.2) is 13.2 Å². The SMILES string of the molecule is N[C@@H](c1ccc2c(c1)OCCO2)C1CC1. The highest BCUT2D eigenvalue weighted by molar-refractivity contribution is 5.44. The lowest BCUT2D eigenvalue weighted by molar-refractivity contribution is 0.171. The molecule has 1 aromatic carbocycles. The molecule has 1 aromatic rings. The van der Waals surface area contributed by atoms with Crippen molar-refractivity contribution in [3.63, 3.8) is 0 Å². The van der Waals surface area contributed by atoms with Gasteiger partial charge in [0.1, 0.15) is 13.2 Å². The maximum Gasteiger partial charge on any atom is 0.161 e. The molecule has 2 aliphatic rings. The molecule has 1 heterocycles. The second-order valence-electron chi connectivity index (χ2n) is 4.27. The van der Waals surface area contributed by atoms with Gasteiger partial charge in [-0.3, -0.25) is 0 Å². The third kappa shape index (κ3) is 1.67. The van der Waals surface area contributed by atoms with Crippen LogP contribution >= 0.6 is 0 Å². The van der Waals surface area contributed by atoms with Gasteiger partial charge in [-0.05, 0) is 36.5 Å². The van der Waals surface area contributed by atoms with E-state index in [0.717, 1.165) is 11.5 Å². The molecule has 1 fully saturated rings. The molecule has 0 saturated heterocycles. The van der Waals surface area contributed by atoms with Crippen LogP contribution in [0, 0.1) is 5.92 Å². The van der Waals surface area contributed by atoms with Crippen LogP contribution in [0.4, 0.5) is 0 Å². The summed E-state index contributed by atoms with van der Waals surface area (Å²) in [7, 11) is 0. The Morgan fingerprint density at radius 3 is 2.60 bits per heavy atom. The van der Waals surface area contributed by atoms with Crippen molar-refractivity contribution in [2.24, 2.45) is 11.7 Å². The van der Waals surface area contributed by atoms with E-state index in [0.29, 0.717) is 19.1 Å². The van der Waals surface area contributed by atoms with E-state index in [1.54, 1.807) is 0 Å². The molecule has 1 saturated carbocycles. The van der Waals surface area contributed by atoms with Gasteiger partial charge in [-0.25, -0.2) is 0 Å². The van der Waals surface area contributed by atoms with E-state index in [9.17, 15) is 0 Å². The molecule has 1 aliphatic heterocycles. The third-order valence-corrected chi connectivity index (χ3v) is 3.08. The highest BCUT2D eigenvalue weighted by Crippen LogP contribution is 2.41. The minimum absolute atomic E-state index is 0.167. The molecule has 0 bridgehead atoms. The predicted octanol–water partition coefficient (Wildman–Crippen LogP) is 1.87. The van der Waals surface area contributed by atoms with Crippen molar-refractivity contribution in [3.8, 4) is 11.5 Å². The number of rotatable bonds is 2. The van der Waals surface area contributed by atoms with Crippen LogP contribution in [0.25, 0.3) is 0 Å². The Bertz CT molecular complexity index is 374. The summed E-state index contributed by atoms with van der Waals surface area (Å²) in [6.45, 7) is 1.27. The summed E-state index contributed by atoms with van der Waals surface area (Å²) >= 11 is 0. The van der Waals surface area contributed by atoms with Gasteiger partial charge >= 0.3 is 0 Å². The zero-order valence-corrected chi connectivity index (χ0v) is 8.61. The normalized spacial score (nSPS) is 21.1. The summed E-state index contributed by atoms with van der Waals surface area (Å²) in [6.07, 6.45) is 2.52. The first-order chi connectivity index (χ1) is 7.34. The van der Waals surface area contributed by atoms with E-state index in [4.69, 9.17) is 15.2 Å². The molecule has 2 N–H and O–H groups in total. The summed E-state index contributed by atoms with van der Waals surface area (Å²) in [4.78, 5) is 0. The number of nitrogens with two attached hydrogens (primary N) is 1. The lowest BCUT2D eigenvalue weighted by atomic mass is 10.0. The van der Waals surface area contributed by atoms with E-state index in [-0.39, 0.29) is 6.04 Å². The van der Waals surface area contributed by atoms with E-state index >= 15 is 0 Å². The molecule has 15 heavy (non-hydrogen) atoms. The van der Waals surface area contributed by atoms with Crippen molar-refractivity contribution < 1.29 is 9.47 Å². The molecule has 0 aromatic heterocycles. The minimum Gasteiger partial charge on any atom is -0.486 e. The predicted molar refractivity (Wildman–Crippen MR) is 57.1 cm³/mol. The van der Waals surface area contributed by atoms with Gasteiger partial charge in [0.2, 0.25) is 0 Å².